The molecule has 2 aliphatic rings. The molecule has 1 aliphatic carbocycles. The van der Waals surface area contributed by atoms with E-state index in [-0.39, 0.29) is 49.1 Å². The quantitative estimate of drug-likeness (QED) is 0.0656. The minimum atomic E-state index is -4.54. The fraction of sp³-hybridized carbons (Fsp3) is 0.317. The van der Waals surface area contributed by atoms with Crippen LogP contribution in [0.3, 0.4) is 0 Å². The number of benzene rings is 2. The largest absolute Gasteiger partial charge is 0.480 e. The topological polar surface area (TPSA) is 155 Å². The van der Waals surface area contributed by atoms with Crippen molar-refractivity contribution in [1.82, 2.24) is 14.8 Å². The number of hydrogen-bond donors (Lipinski definition) is 1. The Balaban J connectivity index is 1.58. The average molecular weight is 873 g/mol. The van der Waals surface area contributed by atoms with Gasteiger partial charge in [0.25, 0.3) is 0 Å². The molecule has 0 amide bonds. The summed E-state index contributed by atoms with van der Waals surface area (Å²) >= 11 is 8.44. The number of nitriles is 1. The third kappa shape index (κ3) is 10.4. The predicted octanol–water partition coefficient (Wildman–Crippen LogP) is 8.69. The van der Waals surface area contributed by atoms with Gasteiger partial charge in [-0.2, -0.15) is 10.4 Å². The van der Waals surface area contributed by atoms with E-state index in [1.54, 1.807) is 22.9 Å². The van der Waals surface area contributed by atoms with Crippen LogP contribution < -0.4 is 0 Å². The van der Waals surface area contributed by atoms with Crippen LogP contribution in [0.1, 0.15) is 30.0 Å². The van der Waals surface area contributed by atoms with Crippen LogP contribution in [0.2, 0.25) is 0 Å². The van der Waals surface area contributed by atoms with Crippen molar-refractivity contribution in [3.05, 3.63) is 149 Å². The van der Waals surface area contributed by atoms with Crippen molar-refractivity contribution < 1.29 is 50.7 Å². The molecule has 18 heteroatoms. The average Bonchev–Trinajstić information content (AvgIpc) is 3.75. The van der Waals surface area contributed by atoms with Gasteiger partial charge >= 0.3 is 13.8 Å². The predicted molar refractivity (Wildman–Crippen MR) is 216 cm³/mol. The number of hydrogen-bond acceptors (Lipinski definition) is 11. The number of phosphoric acid groups is 1. The number of phosphoric ester groups is 1. The Morgan fingerprint density at radius 2 is 1.86 bits per heavy atom. The van der Waals surface area contributed by atoms with Gasteiger partial charge in [-0.05, 0) is 36.3 Å². The molecule has 5 rings (SSSR count). The molecule has 3 atom stereocenters. The SMILES string of the molecule is C=CCOP(=O)(OCC=C)OC[C@@]1(SC2COC(C=CC=Cc3ccc(C#N)cc3F)OC2)C(Cl)=C(C(CC)Cn2cncn2)C=C[C@]1(C(=O)O)c1ccc(F)cc1F. The van der Waals surface area contributed by atoms with Crippen molar-refractivity contribution in [3.63, 3.8) is 0 Å². The Hall–Kier alpha value is -4.56. The number of thioether (sulfide) groups is 1. The molecular formula is C41H41ClF3N4O8PS. The van der Waals surface area contributed by atoms with E-state index in [0.29, 0.717) is 18.1 Å². The summed E-state index contributed by atoms with van der Waals surface area (Å²) in [6.45, 7) is 7.81. The first-order valence-corrected chi connectivity index (χ1v) is 20.9. The number of carboxylic acids is 1. The van der Waals surface area contributed by atoms with E-state index in [9.17, 15) is 23.2 Å². The second-order valence-electron chi connectivity index (χ2n) is 13.1. The van der Waals surface area contributed by atoms with Crippen molar-refractivity contribution in [1.29, 1.82) is 5.26 Å². The van der Waals surface area contributed by atoms with Gasteiger partial charge in [-0.3, -0.25) is 23.0 Å². The Kier molecular flexibility index (Phi) is 15.9. The normalized spacial score (nSPS) is 22.8. The van der Waals surface area contributed by atoms with E-state index in [1.807, 2.05) is 13.0 Å². The fourth-order valence-corrected chi connectivity index (χ4v) is 10.0. The third-order valence-electron chi connectivity index (χ3n) is 9.43. The molecule has 2 aromatic carbocycles. The van der Waals surface area contributed by atoms with Gasteiger partial charge in [0, 0.05) is 34.7 Å². The van der Waals surface area contributed by atoms with E-state index in [4.69, 9.17) is 39.9 Å². The van der Waals surface area contributed by atoms with Gasteiger partial charge < -0.3 is 14.6 Å². The first-order valence-electron chi connectivity index (χ1n) is 18.2. The molecule has 3 aromatic rings. The zero-order chi connectivity index (χ0) is 42.6. The summed E-state index contributed by atoms with van der Waals surface area (Å²) in [5.74, 6) is -4.70. The molecule has 0 bridgehead atoms. The summed E-state index contributed by atoms with van der Waals surface area (Å²) in [6.07, 6.45) is 14.1. The van der Waals surface area contributed by atoms with Crippen LogP contribution in [-0.4, -0.2) is 75.2 Å². The van der Waals surface area contributed by atoms with Crippen LogP contribution in [0.25, 0.3) is 6.08 Å². The highest BCUT2D eigenvalue weighted by Gasteiger charge is 2.64. The maximum Gasteiger partial charge on any atom is 0.475 e. The van der Waals surface area contributed by atoms with Crippen LogP contribution in [0.4, 0.5) is 13.2 Å². The highest BCUT2D eigenvalue weighted by atomic mass is 35.5. The van der Waals surface area contributed by atoms with Crippen molar-refractivity contribution in [2.45, 2.75) is 41.6 Å². The third-order valence-corrected chi connectivity index (χ3v) is 13.1. The monoisotopic (exact) mass is 872 g/mol. The Bertz CT molecular complexity index is 2190. The van der Waals surface area contributed by atoms with Gasteiger partial charge in [0.15, 0.2) is 6.29 Å². The zero-order valence-corrected chi connectivity index (χ0v) is 34.3. The number of nitrogens with zero attached hydrogens (tertiary/aromatic N) is 4. The first-order chi connectivity index (χ1) is 28.3. The van der Waals surface area contributed by atoms with Gasteiger partial charge in [-0.15, -0.1) is 24.9 Å². The summed E-state index contributed by atoms with van der Waals surface area (Å²) in [4.78, 5) is 18.0. The van der Waals surface area contributed by atoms with E-state index in [0.717, 1.165) is 30.0 Å². The molecular weight excluding hydrogens is 832 g/mol. The summed E-state index contributed by atoms with van der Waals surface area (Å²) < 4.78 is 87.5. The number of allylic oxidation sites excluding steroid dienone is 4. The number of carboxylic acid groups (broad SMARTS) is 1. The number of aromatic nitrogens is 3. The minimum absolute atomic E-state index is 0.0616. The Morgan fingerprint density at radius 3 is 2.46 bits per heavy atom. The van der Waals surface area contributed by atoms with Gasteiger partial charge in [0.05, 0.1) is 54.7 Å². The van der Waals surface area contributed by atoms with Crippen LogP contribution in [-0.2, 0) is 44.4 Å². The standard InChI is InChI=1S/C41H41ClF3N4O8PS/c1-4-17-55-58(52,56-18-5-2)57-25-41(59-32-23-53-37(54-24-32)10-8-7-9-30-12-11-28(21-46)19-35(30)44)38(42)33(29(6-3)22-49-27-47-26-48-49)15-16-40(41,39(50)51)34-14-13-31(43)20-36(34)45/h4-5,7-16,19-20,26-27,29,32,37H,1-2,6,17-18,22-25H2,3H3,(H,50,51)/t29?,32?,37?,40-,41-/m1/s1. The Morgan fingerprint density at radius 1 is 1.14 bits per heavy atom. The summed E-state index contributed by atoms with van der Waals surface area (Å²) in [5.41, 5.74) is -2.02. The molecule has 1 fully saturated rings. The summed E-state index contributed by atoms with van der Waals surface area (Å²) in [6, 6.07) is 8.49. The van der Waals surface area contributed by atoms with E-state index < -0.39 is 71.0 Å². The molecule has 1 aliphatic heterocycles. The van der Waals surface area contributed by atoms with Crippen LogP contribution in [0.15, 0.2) is 115 Å². The van der Waals surface area contributed by atoms with Gasteiger partial charge in [-0.1, -0.05) is 73.2 Å². The molecule has 1 unspecified atom stereocenters. The van der Waals surface area contributed by atoms with Gasteiger partial charge in [0.2, 0.25) is 0 Å². The summed E-state index contributed by atoms with van der Waals surface area (Å²) in [5, 5.41) is 23.7. The number of halogens is 4. The maximum atomic E-state index is 16.1. The number of aliphatic carboxylic acids is 1. The molecule has 1 saturated heterocycles. The zero-order valence-electron chi connectivity index (χ0n) is 31.8. The van der Waals surface area contributed by atoms with Crippen molar-refractivity contribution >= 4 is 43.2 Å². The molecule has 0 radical (unpaired) electrons. The van der Waals surface area contributed by atoms with Crippen LogP contribution in [0.5, 0.6) is 0 Å². The fourth-order valence-electron chi connectivity index (χ4n) is 6.56. The molecule has 59 heavy (non-hydrogen) atoms. The van der Waals surface area contributed by atoms with Crippen molar-refractivity contribution in [3.8, 4) is 6.07 Å². The van der Waals surface area contributed by atoms with E-state index in [1.165, 1.54) is 55.2 Å². The Labute approximate surface area is 348 Å². The molecule has 312 valence electrons. The molecule has 1 N–H and O–H groups in total. The molecule has 1 aromatic heterocycles. The first kappa shape index (κ1) is 45.5. The lowest BCUT2D eigenvalue weighted by atomic mass is 9.65. The lowest BCUT2D eigenvalue weighted by Gasteiger charge is -2.50. The highest BCUT2D eigenvalue weighted by Crippen LogP contribution is 2.61. The molecule has 0 saturated carbocycles. The smallest absolute Gasteiger partial charge is 0.475 e. The number of rotatable bonds is 20. The second kappa shape index (κ2) is 20.6. The molecule has 12 nitrogen and oxygen atoms in total. The van der Waals surface area contributed by atoms with Gasteiger partial charge in [0.1, 0.15) is 35.5 Å². The van der Waals surface area contributed by atoms with Crippen molar-refractivity contribution in [2.75, 3.05) is 33.0 Å². The lowest BCUT2D eigenvalue weighted by molar-refractivity contribution is -0.147. The number of carbonyl (C=O) groups is 1. The van der Waals surface area contributed by atoms with E-state index >= 15 is 4.39 Å². The maximum absolute atomic E-state index is 16.1. The lowest BCUT2D eigenvalue weighted by Crippen LogP contribution is -2.60. The number of ether oxygens (including phenoxy) is 2. The van der Waals surface area contributed by atoms with Crippen LogP contribution in [0, 0.1) is 34.7 Å². The molecule has 2 heterocycles. The second-order valence-corrected chi connectivity index (χ2v) is 16.8. The van der Waals surface area contributed by atoms with E-state index in [2.05, 4.69) is 23.2 Å². The minimum Gasteiger partial charge on any atom is -0.480 e. The van der Waals surface area contributed by atoms with Crippen LogP contribution >= 0.6 is 31.2 Å². The molecule has 0 spiro atoms. The summed E-state index contributed by atoms with van der Waals surface area (Å²) in [7, 11) is -4.54. The van der Waals surface area contributed by atoms with Gasteiger partial charge in [-0.25, -0.2) is 22.7 Å². The van der Waals surface area contributed by atoms with Crippen molar-refractivity contribution in [2.24, 2.45) is 5.92 Å². The highest BCUT2D eigenvalue weighted by molar-refractivity contribution is 8.01.